The van der Waals surface area contributed by atoms with Crippen molar-refractivity contribution in [1.82, 2.24) is 19.4 Å². The van der Waals surface area contributed by atoms with E-state index >= 15 is 0 Å². The topological polar surface area (TPSA) is 67.2 Å². The standard InChI is InChI=1S/C25H30N6O.CH4/c1-2-31-22-7-4-3-6-20(22)21-18-19(8-9-23(21)31)28-24-10-12-27-25(29-24)26-11-5-13-30-14-16-32-17-15-30;/h3-4,6-10,12,18H,2,5,11,13-17H2,1H3,(H2,26,27,28,29);1H4. The zero-order valence-corrected chi connectivity index (χ0v) is 18.6. The first-order valence-corrected chi connectivity index (χ1v) is 11.5. The molecule has 1 aliphatic heterocycles. The highest BCUT2D eigenvalue weighted by Crippen LogP contribution is 2.31. The fourth-order valence-corrected chi connectivity index (χ4v) is 4.46. The Morgan fingerprint density at radius 3 is 2.67 bits per heavy atom. The highest BCUT2D eigenvalue weighted by atomic mass is 16.5. The number of nitrogens with zero attached hydrogens (tertiary/aromatic N) is 4. The quantitative estimate of drug-likeness (QED) is 0.366. The van der Waals surface area contributed by atoms with Gasteiger partial charge in [-0.15, -0.1) is 0 Å². The molecular formula is C26H34N6O. The summed E-state index contributed by atoms with van der Waals surface area (Å²) in [7, 11) is 0. The number of nitrogens with one attached hydrogen (secondary N) is 2. The number of rotatable bonds is 8. The van der Waals surface area contributed by atoms with Gasteiger partial charge in [-0.2, -0.15) is 4.98 Å². The van der Waals surface area contributed by atoms with Gasteiger partial charge in [0.2, 0.25) is 5.95 Å². The summed E-state index contributed by atoms with van der Waals surface area (Å²) in [6.07, 6.45) is 2.85. The minimum Gasteiger partial charge on any atom is -0.379 e. The molecule has 0 aliphatic carbocycles. The fourth-order valence-electron chi connectivity index (χ4n) is 4.46. The number of anilines is 3. The number of aryl methyl sites for hydroxylation is 1. The molecule has 4 aromatic rings. The van der Waals surface area contributed by atoms with Crippen molar-refractivity contribution >= 4 is 39.3 Å². The first-order chi connectivity index (χ1) is 15.8. The second-order valence-electron chi connectivity index (χ2n) is 8.12. The van der Waals surface area contributed by atoms with Crippen molar-refractivity contribution in [2.45, 2.75) is 27.3 Å². The summed E-state index contributed by atoms with van der Waals surface area (Å²) in [5, 5.41) is 9.33. The van der Waals surface area contributed by atoms with E-state index in [2.05, 4.69) is 79.5 Å². The van der Waals surface area contributed by atoms with E-state index in [-0.39, 0.29) is 7.43 Å². The van der Waals surface area contributed by atoms with Gasteiger partial charge in [0, 0.05) is 59.9 Å². The summed E-state index contributed by atoms with van der Waals surface area (Å²) in [5.74, 6) is 1.44. The molecule has 5 rings (SSSR count). The smallest absolute Gasteiger partial charge is 0.224 e. The van der Waals surface area contributed by atoms with Crippen LogP contribution < -0.4 is 10.6 Å². The molecule has 1 aliphatic rings. The summed E-state index contributed by atoms with van der Waals surface area (Å²) in [6, 6.07) is 17.0. The third-order valence-electron chi connectivity index (χ3n) is 6.05. The Morgan fingerprint density at radius 1 is 1.00 bits per heavy atom. The molecule has 7 heteroatoms. The summed E-state index contributed by atoms with van der Waals surface area (Å²) in [6.45, 7) is 8.79. The fraction of sp³-hybridized carbons (Fsp3) is 0.385. The van der Waals surface area contributed by atoms with Gasteiger partial charge in [0.05, 0.1) is 13.2 Å². The predicted octanol–water partition coefficient (Wildman–Crippen LogP) is 5.12. The van der Waals surface area contributed by atoms with Crippen LogP contribution in [-0.4, -0.2) is 58.8 Å². The second-order valence-corrected chi connectivity index (χ2v) is 8.12. The Balaban J connectivity index is 0.00000259. The van der Waals surface area contributed by atoms with Gasteiger partial charge in [-0.1, -0.05) is 25.6 Å². The second kappa shape index (κ2) is 10.6. The van der Waals surface area contributed by atoms with Crippen LogP contribution in [0.15, 0.2) is 54.7 Å². The largest absolute Gasteiger partial charge is 0.379 e. The van der Waals surface area contributed by atoms with Crippen LogP contribution in [-0.2, 0) is 11.3 Å². The van der Waals surface area contributed by atoms with Crippen LogP contribution in [0.3, 0.4) is 0 Å². The van der Waals surface area contributed by atoms with E-state index in [1.807, 2.05) is 6.07 Å². The number of para-hydroxylation sites is 1. The number of aromatic nitrogens is 3. The maximum absolute atomic E-state index is 5.40. The van der Waals surface area contributed by atoms with Gasteiger partial charge in [0.15, 0.2) is 0 Å². The van der Waals surface area contributed by atoms with E-state index in [0.29, 0.717) is 5.95 Å². The van der Waals surface area contributed by atoms with Crippen molar-refractivity contribution < 1.29 is 4.74 Å². The predicted molar refractivity (Wildman–Crippen MR) is 138 cm³/mol. The van der Waals surface area contributed by atoms with E-state index in [4.69, 9.17) is 4.74 Å². The molecule has 2 N–H and O–H groups in total. The lowest BCUT2D eigenvalue weighted by Gasteiger charge is -2.26. The molecular weight excluding hydrogens is 412 g/mol. The number of fused-ring (bicyclic) bond motifs is 3. The molecule has 1 saturated heterocycles. The van der Waals surface area contributed by atoms with Gasteiger partial charge in [-0.05, 0) is 50.2 Å². The highest BCUT2D eigenvalue weighted by molar-refractivity contribution is 6.09. The molecule has 0 atom stereocenters. The van der Waals surface area contributed by atoms with E-state index in [1.54, 1.807) is 6.20 Å². The van der Waals surface area contributed by atoms with Gasteiger partial charge < -0.3 is 19.9 Å². The summed E-state index contributed by atoms with van der Waals surface area (Å²) in [4.78, 5) is 11.5. The molecule has 0 saturated carbocycles. The molecule has 2 aromatic heterocycles. The lowest BCUT2D eigenvalue weighted by atomic mass is 10.1. The molecule has 7 nitrogen and oxygen atoms in total. The van der Waals surface area contributed by atoms with Crippen LogP contribution >= 0.6 is 0 Å². The van der Waals surface area contributed by atoms with Crippen LogP contribution in [0, 0.1) is 0 Å². The zero-order chi connectivity index (χ0) is 21.8. The molecule has 174 valence electrons. The Morgan fingerprint density at radius 2 is 1.82 bits per heavy atom. The third kappa shape index (κ3) is 5.10. The van der Waals surface area contributed by atoms with Gasteiger partial charge in [0.25, 0.3) is 0 Å². The van der Waals surface area contributed by atoms with Crippen LogP contribution in [0.1, 0.15) is 20.8 Å². The van der Waals surface area contributed by atoms with E-state index in [0.717, 1.165) is 63.9 Å². The van der Waals surface area contributed by atoms with Crippen molar-refractivity contribution in [3.05, 3.63) is 54.7 Å². The van der Waals surface area contributed by atoms with Crippen molar-refractivity contribution in [1.29, 1.82) is 0 Å². The summed E-state index contributed by atoms with van der Waals surface area (Å²) < 4.78 is 7.76. The Kier molecular flexibility index (Phi) is 7.42. The summed E-state index contributed by atoms with van der Waals surface area (Å²) >= 11 is 0. The lowest BCUT2D eigenvalue weighted by molar-refractivity contribution is 0.0378. The highest BCUT2D eigenvalue weighted by Gasteiger charge is 2.11. The SMILES string of the molecule is C.CCn1c2ccccc2c2cc(Nc3ccnc(NCCCN4CCOCC4)n3)ccc21. The Bertz CT molecular complexity index is 1200. The molecule has 0 amide bonds. The zero-order valence-electron chi connectivity index (χ0n) is 18.6. The van der Waals surface area contributed by atoms with E-state index in [1.165, 1.54) is 21.8 Å². The van der Waals surface area contributed by atoms with Crippen molar-refractivity contribution in [2.24, 2.45) is 0 Å². The molecule has 33 heavy (non-hydrogen) atoms. The van der Waals surface area contributed by atoms with Gasteiger partial charge >= 0.3 is 0 Å². The minimum absolute atomic E-state index is 0. The first-order valence-electron chi connectivity index (χ1n) is 11.5. The van der Waals surface area contributed by atoms with Gasteiger partial charge in [-0.25, -0.2) is 4.98 Å². The van der Waals surface area contributed by atoms with E-state index in [9.17, 15) is 0 Å². The molecule has 3 heterocycles. The molecule has 0 spiro atoms. The maximum atomic E-state index is 5.40. The average Bonchev–Trinajstić information content (AvgIpc) is 3.16. The normalized spacial score (nSPS) is 14.3. The first kappa shape index (κ1) is 23.0. The molecule has 1 fully saturated rings. The number of hydrogen-bond acceptors (Lipinski definition) is 6. The number of benzene rings is 2. The van der Waals surface area contributed by atoms with Crippen molar-refractivity contribution in [2.75, 3.05) is 50.0 Å². The van der Waals surface area contributed by atoms with Crippen LogP contribution in [0.5, 0.6) is 0 Å². The van der Waals surface area contributed by atoms with Crippen LogP contribution in [0.25, 0.3) is 21.8 Å². The Hall–Kier alpha value is -3.16. The van der Waals surface area contributed by atoms with Crippen LogP contribution in [0.2, 0.25) is 0 Å². The van der Waals surface area contributed by atoms with Gasteiger partial charge in [-0.3, -0.25) is 4.90 Å². The van der Waals surface area contributed by atoms with Crippen molar-refractivity contribution in [3.8, 4) is 0 Å². The summed E-state index contributed by atoms with van der Waals surface area (Å²) in [5.41, 5.74) is 3.55. The van der Waals surface area contributed by atoms with E-state index < -0.39 is 0 Å². The maximum Gasteiger partial charge on any atom is 0.224 e. The number of morpholine rings is 1. The number of ether oxygens (including phenoxy) is 1. The molecule has 2 aromatic carbocycles. The third-order valence-corrected chi connectivity index (χ3v) is 6.05. The molecule has 0 bridgehead atoms. The monoisotopic (exact) mass is 446 g/mol. The minimum atomic E-state index is 0. The Labute approximate surface area is 195 Å². The molecule has 0 radical (unpaired) electrons. The average molecular weight is 447 g/mol. The molecule has 0 unspecified atom stereocenters. The number of hydrogen-bond donors (Lipinski definition) is 2. The van der Waals surface area contributed by atoms with Crippen molar-refractivity contribution in [3.63, 3.8) is 0 Å². The van der Waals surface area contributed by atoms with Gasteiger partial charge in [0.1, 0.15) is 5.82 Å². The lowest BCUT2D eigenvalue weighted by Crippen LogP contribution is -2.37. The van der Waals surface area contributed by atoms with Crippen LogP contribution in [0.4, 0.5) is 17.5 Å².